The fourth-order valence-corrected chi connectivity index (χ4v) is 5.46. The van der Waals surface area contributed by atoms with Crippen LogP contribution in [0.4, 0.5) is 0 Å². The average molecular weight is 475 g/mol. The molecule has 0 N–H and O–H groups in total. The lowest BCUT2D eigenvalue weighted by atomic mass is 9.83. The van der Waals surface area contributed by atoms with Gasteiger partial charge in [-0.05, 0) is 47.8 Å². The van der Waals surface area contributed by atoms with Crippen LogP contribution in [0.1, 0.15) is 40.0 Å². The first-order valence-electron chi connectivity index (χ1n) is 16.8. The number of aromatic nitrogens is 2. The van der Waals surface area contributed by atoms with Crippen LogP contribution < -0.4 is 0 Å². The van der Waals surface area contributed by atoms with Crippen LogP contribution in [0, 0.1) is 0 Å². The van der Waals surface area contributed by atoms with Crippen molar-refractivity contribution in [2.24, 2.45) is 0 Å². The van der Waals surface area contributed by atoms with E-state index in [2.05, 4.69) is 0 Å². The number of hydrogen-bond acceptors (Lipinski definition) is 0. The van der Waals surface area contributed by atoms with Crippen molar-refractivity contribution in [2.75, 3.05) is 0 Å². The van der Waals surface area contributed by atoms with E-state index in [1.807, 2.05) is 75.4 Å². The third-order valence-corrected chi connectivity index (χ3v) is 6.76. The Hall–Kier alpha value is -4.30. The van der Waals surface area contributed by atoms with Crippen molar-refractivity contribution in [1.82, 2.24) is 9.13 Å². The molecule has 0 amide bonds. The summed E-state index contributed by atoms with van der Waals surface area (Å²) in [6.07, 6.45) is 0. The highest BCUT2D eigenvalue weighted by Crippen LogP contribution is 2.46. The Labute approximate surface area is 225 Å². The molecule has 0 aliphatic heterocycles. The molecule has 2 heterocycles. The molecule has 0 aliphatic carbocycles. The lowest BCUT2D eigenvalue weighted by Crippen LogP contribution is -2.15. The molecule has 5 aromatic carbocycles. The zero-order valence-electron chi connectivity index (χ0n) is 30.1. The van der Waals surface area contributed by atoms with Gasteiger partial charge in [-0.3, -0.25) is 0 Å². The summed E-state index contributed by atoms with van der Waals surface area (Å²) in [6.45, 7) is 6.03. The molecule has 0 fully saturated rings. The number of benzene rings is 5. The SMILES string of the molecule is [2H]c1c([2H])c([2H])c(-n2c3ccccc3c3cc4c5ccccc5n(-c5c([2H])c([2H])c([2H])c([2H])c5[2H])c4c(C(C)(C)C)c32)c([2H])c1[2H]. The first-order chi connectivity index (χ1) is 21.7. The number of nitrogens with zero attached hydrogens (tertiary/aromatic N) is 2. The van der Waals surface area contributed by atoms with Crippen molar-refractivity contribution < 1.29 is 13.7 Å². The van der Waals surface area contributed by atoms with Gasteiger partial charge in [0.05, 0.1) is 35.8 Å². The predicted molar refractivity (Wildman–Crippen MR) is 154 cm³/mol. The molecule has 0 radical (unpaired) electrons. The van der Waals surface area contributed by atoms with Crippen LogP contribution in [-0.4, -0.2) is 9.13 Å². The van der Waals surface area contributed by atoms with Gasteiger partial charge in [0, 0.05) is 38.5 Å². The van der Waals surface area contributed by atoms with Gasteiger partial charge in [-0.2, -0.15) is 0 Å². The van der Waals surface area contributed by atoms with Gasteiger partial charge >= 0.3 is 0 Å². The fourth-order valence-electron chi connectivity index (χ4n) is 5.46. The molecule has 7 rings (SSSR count). The second-order valence-corrected chi connectivity index (χ2v) is 9.95. The normalized spacial score (nSPS) is 16.2. The molecule has 0 unspecified atom stereocenters. The number of fused-ring (bicyclic) bond motifs is 6. The number of rotatable bonds is 2. The Morgan fingerprint density at radius 1 is 0.556 bits per heavy atom. The molecule has 7 aromatic rings. The Balaban J connectivity index is 1.85. The van der Waals surface area contributed by atoms with Gasteiger partial charge in [0.1, 0.15) is 0 Å². The molecule has 0 bridgehead atoms. The molecule has 0 saturated heterocycles. The maximum absolute atomic E-state index is 8.93. The van der Waals surface area contributed by atoms with E-state index in [-0.39, 0.29) is 35.5 Å². The number of para-hydroxylation sites is 4. The molecule has 2 aromatic heterocycles. The van der Waals surface area contributed by atoms with E-state index < -0.39 is 41.7 Å². The summed E-state index contributed by atoms with van der Waals surface area (Å²) < 4.78 is 89.5. The summed E-state index contributed by atoms with van der Waals surface area (Å²) >= 11 is 0. The summed E-state index contributed by atoms with van der Waals surface area (Å²) in [5.41, 5.74) is 2.59. The van der Waals surface area contributed by atoms with Gasteiger partial charge in [0.2, 0.25) is 0 Å². The van der Waals surface area contributed by atoms with Gasteiger partial charge in [-0.15, -0.1) is 0 Å². The minimum absolute atomic E-state index is 0.00696. The standard InChI is InChI=1S/C34H28N2/c1-34(2,3)31-32-27(25-18-10-12-20-29(25)35(32)23-14-6-4-7-15-23)22-28-26-19-11-13-21-30(26)36(33(28)31)24-16-8-5-9-17-24/h4-22H,1-3H3/i4D,5D,6D,7D,8D,9D,14D,15D,16D,17D. The van der Waals surface area contributed by atoms with Crippen LogP contribution in [0.3, 0.4) is 0 Å². The highest BCUT2D eigenvalue weighted by atomic mass is 15.0. The van der Waals surface area contributed by atoms with Crippen molar-refractivity contribution >= 4 is 43.6 Å². The van der Waals surface area contributed by atoms with Gasteiger partial charge in [0.25, 0.3) is 0 Å². The minimum Gasteiger partial charge on any atom is -0.309 e. The Bertz CT molecular complexity index is 2250. The highest BCUT2D eigenvalue weighted by molar-refractivity contribution is 6.21. The zero-order chi connectivity index (χ0) is 33.1. The fraction of sp³-hybridized carbons (Fsp3) is 0.118. The Kier molecular flexibility index (Phi) is 2.77. The van der Waals surface area contributed by atoms with E-state index in [1.54, 1.807) is 9.13 Å². The molecular weight excluding hydrogens is 436 g/mol. The maximum atomic E-state index is 8.93. The molecule has 0 saturated carbocycles. The largest absolute Gasteiger partial charge is 0.309 e. The van der Waals surface area contributed by atoms with Crippen LogP contribution in [0.5, 0.6) is 0 Å². The monoisotopic (exact) mass is 474 g/mol. The second kappa shape index (κ2) is 7.60. The van der Waals surface area contributed by atoms with Crippen LogP contribution >= 0.6 is 0 Å². The third kappa shape index (κ3) is 2.91. The van der Waals surface area contributed by atoms with Crippen LogP contribution in [0.25, 0.3) is 55.0 Å². The van der Waals surface area contributed by atoms with Crippen molar-refractivity contribution in [3.63, 3.8) is 0 Å². The molecule has 0 atom stereocenters. The van der Waals surface area contributed by atoms with Gasteiger partial charge in [-0.25, -0.2) is 0 Å². The molecule has 0 aliphatic rings. The van der Waals surface area contributed by atoms with Crippen molar-refractivity contribution in [3.8, 4) is 11.4 Å². The predicted octanol–water partition coefficient (Wildman–Crippen LogP) is 9.18. The van der Waals surface area contributed by atoms with E-state index in [4.69, 9.17) is 13.7 Å². The van der Waals surface area contributed by atoms with Gasteiger partial charge < -0.3 is 9.13 Å². The molecule has 36 heavy (non-hydrogen) atoms. The summed E-state index contributed by atoms with van der Waals surface area (Å²) in [7, 11) is 0. The van der Waals surface area contributed by atoms with Crippen molar-refractivity contribution in [2.45, 2.75) is 26.2 Å². The van der Waals surface area contributed by atoms with E-state index in [1.165, 1.54) is 0 Å². The first-order valence-corrected chi connectivity index (χ1v) is 11.8. The topological polar surface area (TPSA) is 9.86 Å². The first kappa shape index (κ1) is 13.1. The van der Waals surface area contributed by atoms with E-state index in [9.17, 15) is 0 Å². The summed E-state index contributed by atoms with van der Waals surface area (Å²) in [5.74, 6) is 0. The summed E-state index contributed by atoms with van der Waals surface area (Å²) in [4.78, 5) is 0. The van der Waals surface area contributed by atoms with Crippen LogP contribution in [-0.2, 0) is 5.41 Å². The Morgan fingerprint density at radius 3 is 1.39 bits per heavy atom. The maximum Gasteiger partial charge on any atom is 0.0645 e. The summed E-state index contributed by atoms with van der Waals surface area (Å²) in [5, 5.41) is 3.22. The zero-order valence-corrected chi connectivity index (χ0v) is 20.1. The molecule has 2 heteroatoms. The lowest BCUT2D eigenvalue weighted by Gasteiger charge is -2.25. The highest BCUT2D eigenvalue weighted by Gasteiger charge is 2.29. The van der Waals surface area contributed by atoms with Crippen molar-refractivity contribution in [3.05, 3.63) is 121 Å². The second-order valence-electron chi connectivity index (χ2n) is 9.95. The molecule has 2 nitrogen and oxygen atoms in total. The molecular formula is C34H28N2. The van der Waals surface area contributed by atoms with Crippen LogP contribution in [0.15, 0.2) is 115 Å². The third-order valence-electron chi connectivity index (χ3n) is 6.76. The average Bonchev–Trinajstić information content (AvgIpc) is 3.52. The smallest absolute Gasteiger partial charge is 0.0645 e. The minimum atomic E-state index is -0.656. The number of hydrogen-bond donors (Lipinski definition) is 0. The van der Waals surface area contributed by atoms with Crippen molar-refractivity contribution in [1.29, 1.82) is 0 Å². The Morgan fingerprint density at radius 2 is 0.972 bits per heavy atom. The lowest BCUT2D eigenvalue weighted by molar-refractivity contribution is 0.597. The quantitative estimate of drug-likeness (QED) is 0.236. The van der Waals surface area contributed by atoms with Gasteiger partial charge in [-0.1, -0.05) is 93.4 Å². The molecule has 174 valence electrons. The molecule has 0 spiro atoms. The van der Waals surface area contributed by atoms with Crippen LogP contribution in [0.2, 0.25) is 0 Å². The van der Waals surface area contributed by atoms with E-state index in [0.717, 1.165) is 27.1 Å². The van der Waals surface area contributed by atoms with Gasteiger partial charge in [0.15, 0.2) is 0 Å². The summed E-state index contributed by atoms with van der Waals surface area (Å²) in [6, 6.07) is 12.9. The van der Waals surface area contributed by atoms with E-state index >= 15 is 0 Å². The van der Waals surface area contributed by atoms with E-state index in [0.29, 0.717) is 22.1 Å².